The molecule has 3 aromatic rings. The van der Waals surface area contributed by atoms with E-state index in [4.69, 9.17) is 0 Å². The molecule has 2 aromatic carbocycles. The first-order valence-corrected chi connectivity index (χ1v) is 9.82. The monoisotopic (exact) mass is 374 g/mol. The Morgan fingerprint density at radius 3 is 2.61 bits per heavy atom. The maximum absolute atomic E-state index is 12.3. The molecule has 0 saturated carbocycles. The van der Waals surface area contributed by atoms with Gasteiger partial charge < -0.3 is 10.2 Å². The van der Waals surface area contributed by atoms with E-state index in [1.54, 1.807) is 0 Å². The van der Waals surface area contributed by atoms with Gasteiger partial charge >= 0.3 is 0 Å². The van der Waals surface area contributed by atoms with Crippen LogP contribution in [0.5, 0.6) is 0 Å². The first kappa shape index (κ1) is 18.4. The second-order valence-electron chi connectivity index (χ2n) is 7.38. The Hall–Kier alpha value is -2.92. The molecule has 28 heavy (non-hydrogen) atoms. The van der Waals surface area contributed by atoms with Crippen LogP contribution in [-0.2, 0) is 11.3 Å². The van der Waals surface area contributed by atoms with E-state index >= 15 is 0 Å². The molecular weight excluding hydrogens is 348 g/mol. The number of nitrogens with zero attached hydrogens (tertiary/aromatic N) is 3. The zero-order valence-electron chi connectivity index (χ0n) is 16.3. The molecule has 1 amide bonds. The predicted molar refractivity (Wildman–Crippen MR) is 113 cm³/mol. The number of aromatic nitrogens is 1. The minimum atomic E-state index is 0.0855. The average Bonchev–Trinajstić information content (AvgIpc) is 2.73. The highest BCUT2D eigenvalue weighted by Crippen LogP contribution is 2.27. The number of hydrogen-bond acceptors (Lipinski definition) is 4. The summed E-state index contributed by atoms with van der Waals surface area (Å²) < 4.78 is 0. The molecule has 0 spiro atoms. The van der Waals surface area contributed by atoms with Gasteiger partial charge in [0.1, 0.15) is 0 Å². The van der Waals surface area contributed by atoms with Crippen molar-refractivity contribution in [2.45, 2.75) is 13.5 Å². The minimum absolute atomic E-state index is 0.0855. The second-order valence-corrected chi connectivity index (χ2v) is 7.38. The molecule has 1 N–H and O–H groups in total. The zero-order valence-corrected chi connectivity index (χ0v) is 16.3. The van der Waals surface area contributed by atoms with Crippen molar-refractivity contribution < 1.29 is 4.79 Å². The van der Waals surface area contributed by atoms with Crippen LogP contribution in [0, 0.1) is 6.92 Å². The van der Waals surface area contributed by atoms with Gasteiger partial charge in [-0.3, -0.25) is 14.7 Å². The van der Waals surface area contributed by atoms with Crippen molar-refractivity contribution in [1.29, 1.82) is 0 Å². The van der Waals surface area contributed by atoms with Gasteiger partial charge in [0.25, 0.3) is 0 Å². The molecule has 1 saturated heterocycles. The highest BCUT2D eigenvalue weighted by atomic mass is 16.2. The zero-order chi connectivity index (χ0) is 19.3. The SMILES string of the molecule is Cc1ccc2nccc(N3CCN(CC(=O)NCc4ccccc4)CC3)c2c1. The number of benzene rings is 2. The van der Waals surface area contributed by atoms with E-state index in [9.17, 15) is 4.79 Å². The first-order chi connectivity index (χ1) is 13.7. The van der Waals surface area contributed by atoms with Gasteiger partial charge in [-0.2, -0.15) is 0 Å². The first-order valence-electron chi connectivity index (χ1n) is 9.82. The quantitative estimate of drug-likeness (QED) is 0.746. The Kier molecular flexibility index (Phi) is 5.53. The summed E-state index contributed by atoms with van der Waals surface area (Å²) in [5.74, 6) is 0.0855. The van der Waals surface area contributed by atoms with Crippen LogP contribution in [0.3, 0.4) is 0 Å². The molecule has 1 aliphatic rings. The lowest BCUT2D eigenvalue weighted by Gasteiger charge is -2.36. The number of anilines is 1. The number of carbonyl (C=O) groups is 1. The Bertz CT molecular complexity index is 949. The van der Waals surface area contributed by atoms with Gasteiger partial charge in [-0.05, 0) is 30.7 Å². The number of nitrogens with one attached hydrogen (secondary N) is 1. The molecule has 1 aliphatic heterocycles. The maximum Gasteiger partial charge on any atom is 0.234 e. The Morgan fingerprint density at radius 1 is 1.04 bits per heavy atom. The fourth-order valence-corrected chi connectivity index (χ4v) is 3.72. The molecule has 1 aromatic heterocycles. The number of aryl methyl sites for hydroxylation is 1. The molecule has 0 bridgehead atoms. The third kappa shape index (κ3) is 4.31. The summed E-state index contributed by atoms with van der Waals surface area (Å²) in [4.78, 5) is 21.4. The summed E-state index contributed by atoms with van der Waals surface area (Å²) >= 11 is 0. The number of carbonyl (C=O) groups excluding carboxylic acids is 1. The summed E-state index contributed by atoms with van der Waals surface area (Å²) in [5, 5.41) is 4.22. The van der Waals surface area contributed by atoms with Gasteiger partial charge in [0, 0.05) is 50.0 Å². The van der Waals surface area contributed by atoms with Gasteiger partial charge in [-0.1, -0.05) is 42.0 Å². The number of hydrogen-bond donors (Lipinski definition) is 1. The van der Waals surface area contributed by atoms with E-state index in [0.717, 1.165) is 37.3 Å². The van der Waals surface area contributed by atoms with E-state index in [2.05, 4.69) is 51.3 Å². The van der Waals surface area contributed by atoms with Gasteiger partial charge in [-0.25, -0.2) is 0 Å². The van der Waals surface area contributed by atoms with Crippen molar-refractivity contribution in [2.24, 2.45) is 0 Å². The van der Waals surface area contributed by atoms with Crippen molar-refractivity contribution in [2.75, 3.05) is 37.6 Å². The van der Waals surface area contributed by atoms with Crippen molar-refractivity contribution in [3.05, 3.63) is 71.9 Å². The summed E-state index contributed by atoms with van der Waals surface area (Å²) in [6.07, 6.45) is 1.89. The van der Waals surface area contributed by atoms with Crippen molar-refractivity contribution in [3.63, 3.8) is 0 Å². The van der Waals surface area contributed by atoms with Crippen LogP contribution >= 0.6 is 0 Å². The Morgan fingerprint density at radius 2 is 1.82 bits per heavy atom. The van der Waals surface area contributed by atoms with E-state index in [0.29, 0.717) is 13.1 Å². The number of rotatable bonds is 5. The average molecular weight is 374 g/mol. The molecule has 5 nitrogen and oxygen atoms in total. The van der Waals surface area contributed by atoms with Crippen LogP contribution in [0.1, 0.15) is 11.1 Å². The lowest BCUT2D eigenvalue weighted by molar-refractivity contribution is -0.122. The minimum Gasteiger partial charge on any atom is -0.368 e. The van der Waals surface area contributed by atoms with E-state index in [-0.39, 0.29) is 5.91 Å². The molecule has 5 heteroatoms. The number of fused-ring (bicyclic) bond motifs is 1. The summed E-state index contributed by atoms with van der Waals surface area (Å²) in [5.41, 5.74) is 4.64. The molecule has 0 atom stereocenters. The third-order valence-corrected chi connectivity index (χ3v) is 5.29. The fourth-order valence-electron chi connectivity index (χ4n) is 3.72. The third-order valence-electron chi connectivity index (χ3n) is 5.29. The Labute approximate surface area is 166 Å². The van der Waals surface area contributed by atoms with Crippen molar-refractivity contribution >= 4 is 22.5 Å². The van der Waals surface area contributed by atoms with Gasteiger partial charge in [-0.15, -0.1) is 0 Å². The number of pyridine rings is 1. The Balaban J connectivity index is 1.32. The van der Waals surface area contributed by atoms with Crippen molar-refractivity contribution in [1.82, 2.24) is 15.2 Å². The lowest BCUT2D eigenvalue weighted by Crippen LogP contribution is -2.49. The molecule has 0 radical (unpaired) electrons. The van der Waals surface area contributed by atoms with Gasteiger partial charge in [0.15, 0.2) is 0 Å². The van der Waals surface area contributed by atoms with Gasteiger partial charge in [0.2, 0.25) is 5.91 Å². The van der Waals surface area contributed by atoms with E-state index in [1.165, 1.54) is 16.6 Å². The van der Waals surface area contributed by atoms with Crippen LogP contribution in [0.4, 0.5) is 5.69 Å². The summed E-state index contributed by atoms with van der Waals surface area (Å²) in [6.45, 7) is 6.75. The van der Waals surface area contributed by atoms with Crippen molar-refractivity contribution in [3.8, 4) is 0 Å². The van der Waals surface area contributed by atoms with Crippen LogP contribution in [0.15, 0.2) is 60.8 Å². The highest BCUT2D eigenvalue weighted by molar-refractivity contribution is 5.92. The second kappa shape index (κ2) is 8.40. The smallest absolute Gasteiger partial charge is 0.234 e. The molecule has 0 aliphatic carbocycles. The predicted octanol–water partition coefficient (Wildman–Crippen LogP) is 2.98. The van der Waals surface area contributed by atoms with Crippen LogP contribution in [0.2, 0.25) is 0 Å². The molecule has 1 fully saturated rings. The lowest BCUT2D eigenvalue weighted by atomic mass is 10.1. The molecule has 2 heterocycles. The maximum atomic E-state index is 12.3. The van der Waals surface area contributed by atoms with Crippen LogP contribution in [0.25, 0.3) is 10.9 Å². The molecule has 0 unspecified atom stereocenters. The molecule has 144 valence electrons. The van der Waals surface area contributed by atoms with Crippen LogP contribution in [-0.4, -0.2) is 48.5 Å². The highest BCUT2D eigenvalue weighted by Gasteiger charge is 2.20. The fraction of sp³-hybridized carbons (Fsp3) is 0.304. The molecular formula is C23H26N4O. The normalized spacial score (nSPS) is 15.0. The van der Waals surface area contributed by atoms with E-state index < -0.39 is 0 Å². The van der Waals surface area contributed by atoms with Gasteiger partial charge in [0.05, 0.1) is 12.1 Å². The molecule has 4 rings (SSSR count). The summed E-state index contributed by atoms with van der Waals surface area (Å²) in [7, 11) is 0. The van der Waals surface area contributed by atoms with Crippen LogP contribution < -0.4 is 10.2 Å². The standard InChI is InChI=1S/C23H26N4O/c1-18-7-8-21-20(15-18)22(9-10-24-21)27-13-11-26(12-14-27)17-23(28)25-16-19-5-3-2-4-6-19/h2-10,15H,11-14,16-17H2,1H3,(H,25,28). The summed E-state index contributed by atoms with van der Waals surface area (Å²) in [6, 6.07) is 18.5. The number of piperazine rings is 1. The largest absolute Gasteiger partial charge is 0.368 e. The number of amides is 1. The van der Waals surface area contributed by atoms with E-state index in [1.807, 2.05) is 36.5 Å². The topological polar surface area (TPSA) is 48.5 Å².